The molecule has 0 aromatic heterocycles. The van der Waals surface area contributed by atoms with Crippen LogP contribution in [0, 0.1) is 11.7 Å². The van der Waals surface area contributed by atoms with E-state index in [2.05, 4.69) is 17.7 Å². The number of nitrogens with two attached hydrogens (primary N) is 1. The van der Waals surface area contributed by atoms with E-state index in [9.17, 15) is 9.18 Å². The van der Waals surface area contributed by atoms with Gasteiger partial charge in [-0.3, -0.25) is 10.6 Å². The van der Waals surface area contributed by atoms with Crippen molar-refractivity contribution in [2.24, 2.45) is 11.8 Å². The van der Waals surface area contributed by atoms with Gasteiger partial charge in [0.15, 0.2) is 0 Å². The summed E-state index contributed by atoms with van der Waals surface area (Å²) in [5, 5.41) is 2.91. The molecule has 18 heavy (non-hydrogen) atoms. The normalized spacial score (nSPS) is 21.5. The highest BCUT2D eigenvalue weighted by Gasteiger charge is 2.37. The van der Waals surface area contributed by atoms with Gasteiger partial charge < -0.3 is 10.7 Å². The molecule has 0 spiro atoms. The van der Waals surface area contributed by atoms with Crippen molar-refractivity contribution in [2.45, 2.75) is 32.2 Å². The van der Waals surface area contributed by atoms with Gasteiger partial charge in [-0.1, -0.05) is 19.4 Å². The molecule has 1 fully saturated rings. The van der Waals surface area contributed by atoms with Gasteiger partial charge in [-0.2, -0.15) is 0 Å². The van der Waals surface area contributed by atoms with Crippen LogP contribution in [0.2, 0.25) is 0 Å². The third-order valence-electron chi connectivity index (χ3n) is 3.30. The SMILES string of the molecule is CCCC1CC1NC(=O)c1cccc(F)c1NN. The highest BCUT2D eigenvalue weighted by atomic mass is 19.1. The van der Waals surface area contributed by atoms with Gasteiger partial charge in [0.05, 0.1) is 11.3 Å². The molecule has 2 rings (SSSR count). The van der Waals surface area contributed by atoms with Crippen molar-refractivity contribution in [1.29, 1.82) is 0 Å². The molecular formula is C13H18FN3O. The third-order valence-corrected chi connectivity index (χ3v) is 3.30. The number of halogens is 1. The summed E-state index contributed by atoms with van der Waals surface area (Å²) in [5.74, 6) is 5.02. The van der Waals surface area contributed by atoms with Crippen molar-refractivity contribution in [3.05, 3.63) is 29.6 Å². The Kier molecular flexibility index (Phi) is 3.81. The van der Waals surface area contributed by atoms with E-state index in [1.54, 1.807) is 6.07 Å². The molecule has 1 aliphatic carbocycles. The van der Waals surface area contributed by atoms with Gasteiger partial charge in [0, 0.05) is 6.04 Å². The van der Waals surface area contributed by atoms with Gasteiger partial charge in [0.2, 0.25) is 0 Å². The number of amides is 1. The number of hydrogen-bond acceptors (Lipinski definition) is 3. The average Bonchev–Trinajstić information content (AvgIpc) is 3.07. The van der Waals surface area contributed by atoms with E-state index in [-0.39, 0.29) is 23.2 Å². The number of anilines is 1. The van der Waals surface area contributed by atoms with Gasteiger partial charge in [0.1, 0.15) is 5.82 Å². The van der Waals surface area contributed by atoms with Gasteiger partial charge in [-0.25, -0.2) is 4.39 Å². The molecule has 0 radical (unpaired) electrons. The number of hydrazine groups is 1. The Bertz CT molecular complexity index is 450. The lowest BCUT2D eigenvalue weighted by Crippen LogP contribution is -2.28. The number of nitrogens with one attached hydrogen (secondary N) is 2. The van der Waals surface area contributed by atoms with E-state index >= 15 is 0 Å². The maximum Gasteiger partial charge on any atom is 0.253 e. The van der Waals surface area contributed by atoms with Crippen molar-refractivity contribution in [1.82, 2.24) is 5.32 Å². The fraction of sp³-hybridized carbons (Fsp3) is 0.462. The third kappa shape index (κ3) is 2.61. The molecule has 1 aromatic rings. The zero-order chi connectivity index (χ0) is 13.1. The number of hydrogen-bond donors (Lipinski definition) is 3. The first-order valence-corrected chi connectivity index (χ1v) is 6.23. The molecule has 0 heterocycles. The summed E-state index contributed by atoms with van der Waals surface area (Å²) in [6.45, 7) is 2.13. The molecule has 1 aromatic carbocycles. The maximum atomic E-state index is 13.4. The van der Waals surface area contributed by atoms with E-state index in [4.69, 9.17) is 5.84 Å². The lowest BCUT2D eigenvalue weighted by atomic mass is 10.1. The van der Waals surface area contributed by atoms with Crippen LogP contribution < -0.4 is 16.6 Å². The predicted octanol–water partition coefficient (Wildman–Crippen LogP) is 2.03. The van der Waals surface area contributed by atoms with E-state index in [1.165, 1.54) is 12.1 Å². The number of para-hydroxylation sites is 1. The number of carbonyl (C=O) groups is 1. The Morgan fingerprint density at radius 2 is 2.33 bits per heavy atom. The lowest BCUT2D eigenvalue weighted by Gasteiger charge is -2.10. The summed E-state index contributed by atoms with van der Waals surface area (Å²) in [5.41, 5.74) is 2.53. The van der Waals surface area contributed by atoms with Crippen molar-refractivity contribution < 1.29 is 9.18 Å². The first kappa shape index (κ1) is 12.8. The zero-order valence-corrected chi connectivity index (χ0v) is 10.4. The second kappa shape index (κ2) is 5.35. The molecule has 2 unspecified atom stereocenters. The Hall–Kier alpha value is -1.62. The lowest BCUT2D eigenvalue weighted by molar-refractivity contribution is 0.0949. The predicted molar refractivity (Wildman–Crippen MR) is 68.5 cm³/mol. The minimum Gasteiger partial charge on any atom is -0.349 e. The summed E-state index contributed by atoms with van der Waals surface area (Å²) < 4.78 is 13.4. The molecular weight excluding hydrogens is 233 g/mol. The maximum absolute atomic E-state index is 13.4. The second-order valence-corrected chi connectivity index (χ2v) is 4.67. The smallest absolute Gasteiger partial charge is 0.253 e. The van der Waals surface area contributed by atoms with Gasteiger partial charge >= 0.3 is 0 Å². The Labute approximate surface area is 106 Å². The van der Waals surface area contributed by atoms with Crippen molar-refractivity contribution in [3.63, 3.8) is 0 Å². The average molecular weight is 251 g/mol. The van der Waals surface area contributed by atoms with Crippen LogP contribution in [0.3, 0.4) is 0 Å². The van der Waals surface area contributed by atoms with E-state index in [1.807, 2.05) is 0 Å². The minimum atomic E-state index is -0.522. The minimum absolute atomic E-state index is 0.0442. The summed E-state index contributed by atoms with van der Waals surface area (Å²) in [4.78, 5) is 12.0. The standard InChI is InChI=1S/C13H18FN3O/c1-2-4-8-7-11(8)16-13(18)9-5-3-6-10(14)12(9)17-15/h3,5-6,8,11,17H,2,4,7,15H2,1H3,(H,16,18). The van der Waals surface area contributed by atoms with Crippen LogP contribution >= 0.6 is 0 Å². The van der Waals surface area contributed by atoms with E-state index < -0.39 is 5.82 Å². The Morgan fingerprint density at radius 3 is 3.00 bits per heavy atom. The number of carbonyl (C=O) groups excluding carboxylic acids is 1. The highest BCUT2D eigenvalue weighted by molar-refractivity contribution is 6.00. The number of benzene rings is 1. The van der Waals surface area contributed by atoms with Crippen molar-refractivity contribution >= 4 is 11.6 Å². The van der Waals surface area contributed by atoms with Crippen LogP contribution in [0.25, 0.3) is 0 Å². The molecule has 1 aliphatic rings. The Morgan fingerprint density at radius 1 is 1.56 bits per heavy atom. The molecule has 0 aliphatic heterocycles. The molecule has 0 bridgehead atoms. The van der Waals surface area contributed by atoms with Crippen LogP contribution in [0.4, 0.5) is 10.1 Å². The summed E-state index contributed by atoms with van der Waals surface area (Å²) in [6.07, 6.45) is 3.25. The summed E-state index contributed by atoms with van der Waals surface area (Å²) in [6, 6.07) is 4.56. The molecule has 98 valence electrons. The van der Waals surface area contributed by atoms with Gasteiger partial charge in [-0.05, 0) is 30.9 Å². The summed E-state index contributed by atoms with van der Waals surface area (Å²) >= 11 is 0. The van der Waals surface area contributed by atoms with Crippen LogP contribution in [-0.2, 0) is 0 Å². The first-order valence-electron chi connectivity index (χ1n) is 6.23. The molecule has 4 nitrogen and oxygen atoms in total. The molecule has 2 atom stereocenters. The topological polar surface area (TPSA) is 67.2 Å². The fourth-order valence-corrected chi connectivity index (χ4v) is 2.22. The number of rotatable bonds is 5. The molecule has 5 heteroatoms. The highest BCUT2D eigenvalue weighted by Crippen LogP contribution is 2.35. The molecule has 1 saturated carbocycles. The van der Waals surface area contributed by atoms with Crippen LogP contribution in [-0.4, -0.2) is 11.9 Å². The quantitative estimate of drug-likeness (QED) is 0.554. The van der Waals surface area contributed by atoms with Gasteiger partial charge in [-0.15, -0.1) is 0 Å². The van der Waals surface area contributed by atoms with Crippen molar-refractivity contribution in [2.75, 3.05) is 5.43 Å². The van der Waals surface area contributed by atoms with Crippen LogP contribution in [0.15, 0.2) is 18.2 Å². The van der Waals surface area contributed by atoms with E-state index in [0.29, 0.717) is 5.92 Å². The fourth-order valence-electron chi connectivity index (χ4n) is 2.22. The molecule has 4 N–H and O–H groups in total. The number of nitrogen functional groups attached to an aromatic ring is 1. The van der Waals surface area contributed by atoms with Gasteiger partial charge in [0.25, 0.3) is 5.91 Å². The molecule has 1 amide bonds. The largest absolute Gasteiger partial charge is 0.349 e. The second-order valence-electron chi connectivity index (χ2n) is 4.67. The van der Waals surface area contributed by atoms with Crippen LogP contribution in [0.1, 0.15) is 36.5 Å². The van der Waals surface area contributed by atoms with Crippen LogP contribution in [0.5, 0.6) is 0 Å². The summed E-state index contributed by atoms with van der Waals surface area (Å²) in [7, 11) is 0. The first-order chi connectivity index (χ1) is 8.67. The zero-order valence-electron chi connectivity index (χ0n) is 10.4. The molecule has 0 saturated heterocycles. The van der Waals surface area contributed by atoms with E-state index in [0.717, 1.165) is 19.3 Å². The monoisotopic (exact) mass is 251 g/mol. The van der Waals surface area contributed by atoms with Crippen molar-refractivity contribution in [3.8, 4) is 0 Å². The Balaban J connectivity index is 2.04.